The number of nitrogens with zero attached hydrogens (tertiary/aromatic N) is 1. The quantitative estimate of drug-likeness (QED) is 0.487. The van der Waals surface area contributed by atoms with Crippen molar-refractivity contribution >= 4 is 38.4 Å². The Morgan fingerprint density at radius 2 is 1.71 bits per heavy atom. The van der Waals surface area contributed by atoms with Gasteiger partial charge in [0.1, 0.15) is 12.4 Å². The van der Waals surface area contributed by atoms with E-state index in [1.807, 2.05) is 30.3 Å². The van der Waals surface area contributed by atoms with E-state index in [0.29, 0.717) is 28.3 Å². The van der Waals surface area contributed by atoms with Crippen LogP contribution in [-0.4, -0.2) is 13.6 Å². The van der Waals surface area contributed by atoms with Crippen LogP contribution in [0.25, 0.3) is 11.0 Å². The molecule has 142 valence electrons. The second kappa shape index (κ2) is 7.53. The van der Waals surface area contributed by atoms with Gasteiger partial charge in [-0.1, -0.05) is 53.2 Å². The van der Waals surface area contributed by atoms with Crippen LogP contribution in [0.2, 0.25) is 5.02 Å². The number of rotatable bonds is 6. The lowest BCUT2D eigenvalue weighted by molar-refractivity contribution is 0.306. The molecule has 0 bridgehead atoms. The van der Waals surface area contributed by atoms with Crippen molar-refractivity contribution in [3.63, 3.8) is 0 Å². The largest absolute Gasteiger partial charge is 0.489 e. The summed E-state index contributed by atoms with van der Waals surface area (Å²) in [5, 5.41) is 4.53. The number of sulfonamides is 1. The van der Waals surface area contributed by atoms with E-state index in [1.165, 1.54) is 12.1 Å². The van der Waals surface area contributed by atoms with Crippen LogP contribution in [0.15, 0.2) is 82.2 Å². The molecular formula is C20H15ClN2O4S. The highest BCUT2D eigenvalue weighted by molar-refractivity contribution is 7.92. The zero-order valence-electron chi connectivity index (χ0n) is 14.5. The van der Waals surface area contributed by atoms with Gasteiger partial charge in [0.2, 0.25) is 0 Å². The van der Waals surface area contributed by atoms with E-state index in [9.17, 15) is 8.42 Å². The lowest BCUT2D eigenvalue weighted by atomic mass is 10.2. The van der Waals surface area contributed by atoms with Crippen molar-refractivity contribution in [3.8, 4) is 5.75 Å². The maximum atomic E-state index is 12.7. The van der Waals surface area contributed by atoms with Crippen LogP contribution < -0.4 is 9.46 Å². The second-order valence-corrected chi connectivity index (χ2v) is 8.08. The summed E-state index contributed by atoms with van der Waals surface area (Å²) in [5.41, 5.74) is 1.42. The molecule has 0 radical (unpaired) electrons. The first kappa shape index (κ1) is 18.3. The number of hydrogen-bond donors (Lipinski definition) is 1. The Morgan fingerprint density at radius 3 is 2.46 bits per heavy atom. The van der Waals surface area contributed by atoms with E-state index < -0.39 is 10.0 Å². The number of hydrogen-bond acceptors (Lipinski definition) is 5. The molecular weight excluding hydrogens is 400 g/mol. The molecule has 0 aliphatic carbocycles. The maximum Gasteiger partial charge on any atom is 0.263 e. The first-order valence-electron chi connectivity index (χ1n) is 8.36. The van der Waals surface area contributed by atoms with Gasteiger partial charge in [-0.15, -0.1) is 0 Å². The number of nitrogens with one attached hydrogen (secondary N) is 1. The highest BCUT2D eigenvalue weighted by Gasteiger charge is 2.20. The van der Waals surface area contributed by atoms with Crippen LogP contribution in [0.4, 0.5) is 5.82 Å². The number of halogens is 1. The third-order valence-electron chi connectivity index (χ3n) is 4.06. The van der Waals surface area contributed by atoms with Crippen molar-refractivity contribution in [2.45, 2.75) is 11.5 Å². The normalized spacial score (nSPS) is 11.5. The molecule has 8 heteroatoms. The van der Waals surface area contributed by atoms with Gasteiger partial charge in [0.15, 0.2) is 11.4 Å². The number of aromatic nitrogens is 1. The molecule has 4 rings (SSSR count). The maximum absolute atomic E-state index is 12.7. The van der Waals surface area contributed by atoms with Crippen molar-refractivity contribution in [3.05, 3.63) is 83.4 Å². The van der Waals surface area contributed by atoms with E-state index in [-0.39, 0.29) is 10.7 Å². The molecule has 6 nitrogen and oxygen atoms in total. The molecule has 0 aliphatic heterocycles. The average Bonchev–Trinajstić information content (AvgIpc) is 3.11. The molecule has 1 aromatic heterocycles. The smallest absolute Gasteiger partial charge is 0.263 e. The molecule has 1 N–H and O–H groups in total. The lowest BCUT2D eigenvalue weighted by Gasteiger charge is -2.09. The van der Waals surface area contributed by atoms with Gasteiger partial charge >= 0.3 is 0 Å². The monoisotopic (exact) mass is 414 g/mol. The molecule has 28 heavy (non-hydrogen) atoms. The topological polar surface area (TPSA) is 81.4 Å². The Morgan fingerprint density at radius 1 is 0.964 bits per heavy atom. The van der Waals surface area contributed by atoms with Crippen LogP contribution in [0, 0.1) is 0 Å². The SMILES string of the molecule is O=S(=O)(Nc1noc2cccc(Cl)c12)c1ccc(OCc2ccccc2)cc1. The number of benzene rings is 3. The van der Waals surface area contributed by atoms with E-state index in [4.69, 9.17) is 20.9 Å². The number of ether oxygens (including phenoxy) is 1. The molecule has 0 amide bonds. The lowest BCUT2D eigenvalue weighted by Crippen LogP contribution is -2.13. The van der Waals surface area contributed by atoms with Gasteiger partial charge in [-0.2, -0.15) is 0 Å². The van der Waals surface area contributed by atoms with Crippen molar-refractivity contribution in [1.82, 2.24) is 5.16 Å². The third-order valence-corrected chi connectivity index (χ3v) is 5.73. The summed E-state index contributed by atoms with van der Waals surface area (Å²) in [4.78, 5) is 0.0720. The molecule has 0 aliphatic rings. The highest BCUT2D eigenvalue weighted by atomic mass is 35.5. The van der Waals surface area contributed by atoms with Gasteiger partial charge in [0, 0.05) is 0 Å². The Bertz CT molecular complexity index is 1210. The first-order valence-corrected chi connectivity index (χ1v) is 10.2. The van der Waals surface area contributed by atoms with Crippen molar-refractivity contribution in [1.29, 1.82) is 0 Å². The fourth-order valence-electron chi connectivity index (χ4n) is 2.66. The molecule has 0 unspecified atom stereocenters. The molecule has 0 saturated heterocycles. The van der Waals surface area contributed by atoms with Crippen molar-refractivity contribution in [2.75, 3.05) is 4.72 Å². The van der Waals surface area contributed by atoms with Crippen LogP contribution >= 0.6 is 11.6 Å². The Kier molecular flexibility index (Phi) is 4.93. The summed E-state index contributed by atoms with van der Waals surface area (Å²) in [7, 11) is -3.86. The van der Waals surface area contributed by atoms with Gasteiger partial charge in [-0.3, -0.25) is 4.72 Å². The van der Waals surface area contributed by atoms with Gasteiger partial charge < -0.3 is 9.26 Å². The van der Waals surface area contributed by atoms with Crippen LogP contribution in [0.3, 0.4) is 0 Å². The van der Waals surface area contributed by atoms with E-state index in [2.05, 4.69) is 9.88 Å². The van der Waals surface area contributed by atoms with Crippen LogP contribution in [0.5, 0.6) is 5.75 Å². The van der Waals surface area contributed by atoms with Crippen molar-refractivity contribution in [2.24, 2.45) is 0 Å². The van der Waals surface area contributed by atoms with Crippen LogP contribution in [0.1, 0.15) is 5.56 Å². The molecule has 0 fully saturated rings. The molecule has 3 aromatic carbocycles. The van der Waals surface area contributed by atoms with Gasteiger partial charge in [0.05, 0.1) is 15.3 Å². The Balaban J connectivity index is 1.51. The minimum Gasteiger partial charge on any atom is -0.489 e. The Hall–Kier alpha value is -3.03. The zero-order valence-corrected chi connectivity index (χ0v) is 16.1. The van der Waals surface area contributed by atoms with E-state index in [1.54, 1.807) is 30.3 Å². The molecule has 0 saturated carbocycles. The third kappa shape index (κ3) is 3.81. The van der Waals surface area contributed by atoms with Gasteiger partial charge in [-0.05, 0) is 42.0 Å². The van der Waals surface area contributed by atoms with E-state index in [0.717, 1.165) is 5.56 Å². The summed E-state index contributed by atoms with van der Waals surface area (Å²) < 4.78 is 38.6. The van der Waals surface area contributed by atoms with E-state index >= 15 is 0 Å². The summed E-state index contributed by atoms with van der Waals surface area (Å²) in [6.45, 7) is 0.397. The Labute approximate surface area is 166 Å². The zero-order chi connectivity index (χ0) is 19.6. The highest BCUT2D eigenvalue weighted by Crippen LogP contribution is 2.31. The second-order valence-electron chi connectivity index (χ2n) is 6.00. The fraction of sp³-hybridized carbons (Fsp3) is 0.0500. The molecule has 4 aromatic rings. The molecule has 1 heterocycles. The standard InChI is InChI=1S/C20H15ClN2O4S/c21-17-7-4-8-18-19(17)20(22-27-18)23-28(24,25)16-11-9-15(10-12-16)26-13-14-5-2-1-3-6-14/h1-12H,13H2,(H,22,23). The first-order chi connectivity index (χ1) is 13.5. The van der Waals surface area contributed by atoms with Gasteiger partial charge in [-0.25, -0.2) is 8.42 Å². The fourth-order valence-corrected chi connectivity index (χ4v) is 3.92. The average molecular weight is 415 g/mol. The molecule has 0 spiro atoms. The predicted octanol–water partition coefficient (Wildman–Crippen LogP) is 4.86. The predicted molar refractivity (Wildman–Crippen MR) is 107 cm³/mol. The number of fused-ring (bicyclic) bond motifs is 1. The summed E-state index contributed by atoms with van der Waals surface area (Å²) >= 11 is 6.13. The summed E-state index contributed by atoms with van der Waals surface area (Å²) in [5.74, 6) is 0.614. The molecule has 0 atom stereocenters. The number of anilines is 1. The van der Waals surface area contributed by atoms with Crippen LogP contribution in [-0.2, 0) is 16.6 Å². The summed E-state index contributed by atoms with van der Waals surface area (Å²) in [6.07, 6.45) is 0. The summed E-state index contributed by atoms with van der Waals surface area (Å²) in [6, 6.07) is 20.8. The van der Waals surface area contributed by atoms with Crippen molar-refractivity contribution < 1.29 is 17.7 Å². The van der Waals surface area contributed by atoms with Gasteiger partial charge in [0.25, 0.3) is 10.0 Å². The minimum absolute atomic E-state index is 0.0463. The minimum atomic E-state index is -3.86.